The molecule has 0 atom stereocenters. The molecule has 1 aromatic carbocycles. The SMILES string of the molecule is COc1c(C)c(C)c(Br)c(C)c1-c1cn[nH]c1N. The molecule has 18 heavy (non-hydrogen) atoms. The molecular weight excluding hydrogens is 294 g/mol. The first-order valence-electron chi connectivity index (χ1n) is 5.61. The Morgan fingerprint density at radius 3 is 2.39 bits per heavy atom. The van der Waals surface area contributed by atoms with Gasteiger partial charge in [-0.15, -0.1) is 0 Å². The van der Waals surface area contributed by atoms with Gasteiger partial charge in [0.25, 0.3) is 0 Å². The van der Waals surface area contributed by atoms with E-state index in [2.05, 4.69) is 33.1 Å². The van der Waals surface area contributed by atoms with Gasteiger partial charge in [0.05, 0.1) is 13.3 Å². The molecule has 0 spiro atoms. The molecule has 3 N–H and O–H groups in total. The number of benzene rings is 1. The van der Waals surface area contributed by atoms with Crippen LogP contribution in [0.1, 0.15) is 16.7 Å². The number of aromatic nitrogens is 2. The van der Waals surface area contributed by atoms with Crippen molar-refractivity contribution in [1.82, 2.24) is 10.2 Å². The molecule has 2 rings (SSSR count). The third kappa shape index (κ3) is 1.79. The zero-order chi connectivity index (χ0) is 13.4. The number of nitrogens with zero attached hydrogens (tertiary/aromatic N) is 1. The standard InChI is InChI=1S/C13H16BrN3O/c1-6-7(2)12(18-4)10(8(3)11(6)14)9-5-16-17-13(9)15/h5H,1-4H3,(H3,15,16,17). The summed E-state index contributed by atoms with van der Waals surface area (Å²) >= 11 is 3.63. The Hall–Kier alpha value is -1.49. The van der Waals surface area contributed by atoms with Gasteiger partial charge in [0.1, 0.15) is 11.6 Å². The number of nitrogens with one attached hydrogen (secondary N) is 1. The maximum Gasteiger partial charge on any atom is 0.130 e. The highest BCUT2D eigenvalue weighted by molar-refractivity contribution is 9.10. The second-order valence-corrected chi connectivity index (χ2v) is 5.09. The van der Waals surface area contributed by atoms with Crippen LogP contribution >= 0.6 is 15.9 Å². The van der Waals surface area contributed by atoms with Gasteiger partial charge in [-0.25, -0.2) is 0 Å². The molecule has 2 aromatic rings. The summed E-state index contributed by atoms with van der Waals surface area (Å²) in [4.78, 5) is 0. The molecule has 1 heterocycles. The number of hydrogen-bond acceptors (Lipinski definition) is 3. The smallest absolute Gasteiger partial charge is 0.130 e. The van der Waals surface area contributed by atoms with E-state index >= 15 is 0 Å². The second kappa shape index (κ2) is 4.65. The molecule has 0 bridgehead atoms. The largest absolute Gasteiger partial charge is 0.496 e. The first-order chi connectivity index (χ1) is 8.49. The van der Waals surface area contributed by atoms with E-state index < -0.39 is 0 Å². The molecule has 0 radical (unpaired) electrons. The molecule has 0 fully saturated rings. The van der Waals surface area contributed by atoms with Crippen molar-refractivity contribution in [2.45, 2.75) is 20.8 Å². The zero-order valence-electron chi connectivity index (χ0n) is 10.9. The fourth-order valence-electron chi connectivity index (χ4n) is 2.16. The average molecular weight is 310 g/mol. The first kappa shape index (κ1) is 13.0. The molecule has 0 aliphatic carbocycles. The molecule has 0 saturated heterocycles. The minimum Gasteiger partial charge on any atom is -0.496 e. The van der Waals surface area contributed by atoms with Gasteiger partial charge in [-0.2, -0.15) is 5.10 Å². The van der Waals surface area contributed by atoms with Crippen molar-refractivity contribution in [3.8, 4) is 16.9 Å². The van der Waals surface area contributed by atoms with Crippen molar-refractivity contribution >= 4 is 21.7 Å². The van der Waals surface area contributed by atoms with Gasteiger partial charge in [-0.05, 0) is 37.5 Å². The van der Waals surface area contributed by atoms with E-state index in [0.29, 0.717) is 5.82 Å². The summed E-state index contributed by atoms with van der Waals surface area (Å²) in [5, 5.41) is 6.73. The van der Waals surface area contributed by atoms with Gasteiger partial charge in [0.15, 0.2) is 0 Å². The Kier molecular flexibility index (Phi) is 3.34. The highest BCUT2D eigenvalue weighted by atomic mass is 79.9. The van der Waals surface area contributed by atoms with Crippen molar-refractivity contribution in [2.75, 3.05) is 12.8 Å². The molecule has 4 nitrogen and oxygen atoms in total. The summed E-state index contributed by atoms with van der Waals surface area (Å²) in [6, 6.07) is 0. The van der Waals surface area contributed by atoms with Gasteiger partial charge >= 0.3 is 0 Å². The van der Waals surface area contributed by atoms with Crippen molar-refractivity contribution < 1.29 is 4.74 Å². The average Bonchev–Trinajstić information content (AvgIpc) is 2.77. The van der Waals surface area contributed by atoms with Crippen LogP contribution < -0.4 is 10.5 Å². The number of hydrogen-bond donors (Lipinski definition) is 2. The van der Waals surface area contributed by atoms with Crippen LogP contribution in [-0.4, -0.2) is 17.3 Å². The predicted molar refractivity (Wildman–Crippen MR) is 76.9 cm³/mol. The molecule has 0 aliphatic heterocycles. The number of nitrogen functional groups attached to an aromatic ring is 1. The minimum atomic E-state index is 0.548. The molecule has 96 valence electrons. The van der Waals surface area contributed by atoms with Crippen molar-refractivity contribution in [3.05, 3.63) is 27.4 Å². The van der Waals surface area contributed by atoms with Crippen molar-refractivity contribution in [1.29, 1.82) is 0 Å². The predicted octanol–water partition coefficient (Wildman–Crippen LogP) is 3.36. The number of ether oxygens (including phenoxy) is 1. The third-order valence-electron chi connectivity index (χ3n) is 3.31. The van der Waals surface area contributed by atoms with E-state index in [9.17, 15) is 0 Å². The number of anilines is 1. The quantitative estimate of drug-likeness (QED) is 0.894. The maximum atomic E-state index is 5.91. The summed E-state index contributed by atoms with van der Waals surface area (Å²) in [5.41, 5.74) is 11.1. The topological polar surface area (TPSA) is 63.9 Å². The van der Waals surface area contributed by atoms with Gasteiger partial charge in [0, 0.05) is 15.6 Å². The molecule has 5 heteroatoms. The lowest BCUT2D eigenvalue weighted by Crippen LogP contribution is -2.00. The lowest BCUT2D eigenvalue weighted by Gasteiger charge is -2.18. The van der Waals surface area contributed by atoms with Crippen LogP contribution in [0.15, 0.2) is 10.7 Å². The van der Waals surface area contributed by atoms with Crippen LogP contribution in [0.25, 0.3) is 11.1 Å². The van der Waals surface area contributed by atoms with Crippen LogP contribution in [0.2, 0.25) is 0 Å². The number of rotatable bonds is 2. The zero-order valence-corrected chi connectivity index (χ0v) is 12.5. The van der Waals surface area contributed by atoms with Gasteiger partial charge in [0.2, 0.25) is 0 Å². The Morgan fingerprint density at radius 2 is 1.89 bits per heavy atom. The van der Waals surface area contributed by atoms with Crippen LogP contribution in [0.4, 0.5) is 5.82 Å². The number of methoxy groups -OCH3 is 1. The Labute approximate surface area is 115 Å². The van der Waals surface area contributed by atoms with E-state index in [1.54, 1.807) is 13.3 Å². The van der Waals surface area contributed by atoms with E-state index in [1.165, 1.54) is 5.56 Å². The van der Waals surface area contributed by atoms with E-state index in [0.717, 1.165) is 32.5 Å². The normalized spacial score (nSPS) is 10.7. The molecule has 1 aromatic heterocycles. The summed E-state index contributed by atoms with van der Waals surface area (Å²) in [6.07, 6.45) is 1.72. The van der Waals surface area contributed by atoms with Gasteiger partial charge < -0.3 is 10.5 Å². The molecule has 0 amide bonds. The monoisotopic (exact) mass is 309 g/mol. The minimum absolute atomic E-state index is 0.548. The number of H-pyrrole nitrogens is 1. The fourth-order valence-corrected chi connectivity index (χ4v) is 2.65. The highest BCUT2D eigenvalue weighted by Crippen LogP contribution is 2.43. The lowest BCUT2D eigenvalue weighted by atomic mass is 9.95. The van der Waals surface area contributed by atoms with Crippen LogP contribution in [0.5, 0.6) is 5.75 Å². The molecule has 0 unspecified atom stereocenters. The Morgan fingerprint density at radius 1 is 1.22 bits per heavy atom. The lowest BCUT2D eigenvalue weighted by molar-refractivity contribution is 0.412. The van der Waals surface area contributed by atoms with Crippen LogP contribution in [-0.2, 0) is 0 Å². The summed E-state index contributed by atoms with van der Waals surface area (Å²) in [5.74, 6) is 1.40. The number of halogens is 1. The van der Waals surface area contributed by atoms with Crippen molar-refractivity contribution in [2.24, 2.45) is 0 Å². The Bertz CT molecular complexity index is 605. The van der Waals surface area contributed by atoms with Crippen molar-refractivity contribution in [3.63, 3.8) is 0 Å². The maximum absolute atomic E-state index is 5.91. The molecule has 0 aliphatic rings. The number of nitrogens with two attached hydrogens (primary N) is 1. The second-order valence-electron chi connectivity index (χ2n) is 4.29. The fraction of sp³-hybridized carbons (Fsp3) is 0.308. The molecular formula is C13H16BrN3O. The van der Waals surface area contributed by atoms with E-state index in [4.69, 9.17) is 10.5 Å². The first-order valence-corrected chi connectivity index (χ1v) is 6.40. The van der Waals surface area contributed by atoms with Crippen LogP contribution in [0.3, 0.4) is 0 Å². The number of aromatic amines is 1. The van der Waals surface area contributed by atoms with E-state index in [-0.39, 0.29) is 0 Å². The van der Waals surface area contributed by atoms with Gasteiger partial charge in [-0.3, -0.25) is 5.10 Å². The Balaban J connectivity index is 2.86. The summed E-state index contributed by atoms with van der Waals surface area (Å²) in [6.45, 7) is 6.15. The summed E-state index contributed by atoms with van der Waals surface area (Å²) < 4.78 is 6.63. The summed E-state index contributed by atoms with van der Waals surface area (Å²) in [7, 11) is 1.68. The van der Waals surface area contributed by atoms with Crippen LogP contribution in [0, 0.1) is 20.8 Å². The third-order valence-corrected chi connectivity index (χ3v) is 4.50. The van der Waals surface area contributed by atoms with E-state index in [1.807, 2.05) is 13.8 Å². The highest BCUT2D eigenvalue weighted by Gasteiger charge is 2.20. The molecule has 0 saturated carbocycles. The van der Waals surface area contributed by atoms with Gasteiger partial charge in [-0.1, -0.05) is 15.9 Å².